The lowest BCUT2D eigenvalue weighted by atomic mass is 10.1. The van der Waals surface area contributed by atoms with E-state index in [0.29, 0.717) is 10.8 Å². The molecule has 3 N–H and O–H groups in total. The van der Waals surface area contributed by atoms with Crippen molar-refractivity contribution in [2.75, 3.05) is 15.4 Å². The number of anilines is 3. The number of nitrogens with one attached hydrogen (secondary N) is 3. The SMILES string of the molecule is CCc1cccc(NC(=S)Nc2ccc(S(=O)(=O)Nc3ncccn3)cc2)c1. The van der Waals surface area contributed by atoms with Gasteiger partial charge in [0.15, 0.2) is 5.11 Å². The largest absolute Gasteiger partial charge is 0.332 e. The molecule has 0 amide bonds. The van der Waals surface area contributed by atoms with Crippen LogP contribution in [0.15, 0.2) is 71.9 Å². The minimum atomic E-state index is -3.77. The predicted octanol–water partition coefficient (Wildman–Crippen LogP) is 3.65. The van der Waals surface area contributed by atoms with E-state index in [4.69, 9.17) is 12.2 Å². The maximum Gasteiger partial charge on any atom is 0.264 e. The van der Waals surface area contributed by atoms with E-state index in [2.05, 4.69) is 38.3 Å². The average molecular weight is 414 g/mol. The summed E-state index contributed by atoms with van der Waals surface area (Å²) in [6.45, 7) is 2.09. The van der Waals surface area contributed by atoms with Gasteiger partial charge in [-0.2, -0.15) is 0 Å². The second-order valence-electron chi connectivity index (χ2n) is 5.84. The highest BCUT2D eigenvalue weighted by Crippen LogP contribution is 2.17. The summed E-state index contributed by atoms with van der Waals surface area (Å²) in [4.78, 5) is 7.82. The highest BCUT2D eigenvalue weighted by atomic mass is 32.2. The molecule has 0 aliphatic carbocycles. The van der Waals surface area contributed by atoms with Crippen LogP contribution >= 0.6 is 12.2 Å². The molecule has 1 aromatic heterocycles. The Morgan fingerprint density at radius 1 is 0.964 bits per heavy atom. The van der Waals surface area contributed by atoms with Crippen molar-refractivity contribution >= 4 is 44.7 Å². The predicted molar refractivity (Wildman–Crippen MR) is 115 cm³/mol. The minimum absolute atomic E-state index is 0.0180. The van der Waals surface area contributed by atoms with Crippen molar-refractivity contribution in [3.63, 3.8) is 0 Å². The number of thiocarbonyl (C=S) groups is 1. The van der Waals surface area contributed by atoms with Crippen LogP contribution in [-0.2, 0) is 16.4 Å². The third-order valence-electron chi connectivity index (χ3n) is 3.81. The number of sulfonamides is 1. The van der Waals surface area contributed by atoms with Crippen LogP contribution in [0.1, 0.15) is 12.5 Å². The average Bonchev–Trinajstić information content (AvgIpc) is 2.69. The molecule has 0 atom stereocenters. The summed E-state index contributed by atoms with van der Waals surface area (Å²) in [6.07, 6.45) is 3.86. The Kier molecular flexibility index (Phi) is 6.17. The second kappa shape index (κ2) is 8.77. The highest BCUT2D eigenvalue weighted by Gasteiger charge is 2.15. The van der Waals surface area contributed by atoms with Crippen molar-refractivity contribution < 1.29 is 8.42 Å². The molecule has 3 rings (SSSR count). The molecule has 0 radical (unpaired) electrons. The monoisotopic (exact) mass is 413 g/mol. The zero-order chi connectivity index (χ0) is 20.0. The third kappa shape index (κ3) is 5.24. The normalized spacial score (nSPS) is 10.9. The van der Waals surface area contributed by atoms with Gasteiger partial charge in [0.05, 0.1) is 4.90 Å². The Bertz CT molecular complexity index is 1060. The van der Waals surface area contributed by atoms with Crippen molar-refractivity contribution in [3.8, 4) is 0 Å². The highest BCUT2D eigenvalue weighted by molar-refractivity contribution is 7.92. The van der Waals surface area contributed by atoms with Crippen molar-refractivity contribution in [1.29, 1.82) is 0 Å². The number of benzene rings is 2. The topological polar surface area (TPSA) is 96.0 Å². The van der Waals surface area contributed by atoms with E-state index in [9.17, 15) is 8.42 Å². The van der Waals surface area contributed by atoms with Crippen molar-refractivity contribution in [3.05, 3.63) is 72.6 Å². The van der Waals surface area contributed by atoms with Gasteiger partial charge in [-0.25, -0.2) is 23.1 Å². The van der Waals surface area contributed by atoms with E-state index < -0.39 is 10.0 Å². The number of nitrogens with zero attached hydrogens (tertiary/aromatic N) is 2. The molecule has 1 heterocycles. The summed E-state index contributed by atoms with van der Waals surface area (Å²) in [5.74, 6) is 0.0180. The lowest BCUT2D eigenvalue weighted by Crippen LogP contribution is -2.19. The molecule has 0 aliphatic rings. The summed E-state index contributed by atoms with van der Waals surface area (Å²) in [5, 5.41) is 6.57. The number of aromatic nitrogens is 2. The third-order valence-corrected chi connectivity index (χ3v) is 5.36. The van der Waals surface area contributed by atoms with Gasteiger partial charge in [0.25, 0.3) is 10.0 Å². The van der Waals surface area contributed by atoms with Gasteiger partial charge in [-0.1, -0.05) is 19.1 Å². The quantitative estimate of drug-likeness (QED) is 0.531. The number of hydrogen-bond acceptors (Lipinski definition) is 5. The molecule has 0 saturated heterocycles. The maximum atomic E-state index is 12.4. The molecule has 7 nitrogen and oxygen atoms in total. The first kappa shape index (κ1) is 19.7. The van der Waals surface area contributed by atoms with Crippen LogP contribution in [0.3, 0.4) is 0 Å². The summed E-state index contributed by atoms with van der Waals surface area (Å²) in [6, 6.07) is 15.8. The molecule has 0 aliphatic heterocycles. The molecule has 0 bridgehead atoms. The Morgan fingerprint density at radius 3 is 2.32 bits per heavy atom. The van der Waals surface area contributed by atoms with Crippen LogP contribution < -0.4 is 15.4 Å². The van der Waals surface area contributed by atoms with E-state index in [1.54, 1.807) is 18.2 Å². The molecule has 0 fully saturated rings. The van der Waals surface area contributed by atoms with Crippen molar-refractivity contribution in [2.24, 2.45) is 0 Å². The fraction of sp³-hybridized carbons (Fsp3) is 0.105. The Labute approximate surface area is 169 Å². The Morgan fingerprint density at radius 2 is 1.64 bits per heavy atom. The number of hydrogen-bond donors (Lipinski definition) is 3. The van der Waals surface area contributed by atoms with Gasteiger partial charge in [-0.05, 0) is 66.7 Å². The Balaban J connectivity index is 1.64. The van der Waals surface area contributed by atoms with Gasteiger partial charge >= 0.3 is 0 Å². The molecule has 0 saturated carbocycles. The van der Waals surface area contributed by atoms with Crippen LogP contribution in [0, 0.1) is 0 Å². The summed E-state index contributed by atoms with van der Waals surface area (Å²) in [7, 11) is -3.77. The fourth-order valence-corrected chi connectivity index (χ4v) is 3.60. The van der Waals surface area contributed by atoms with Gasteiger partial charge in [0.2, 0.25) is 5.95 Å². The van der Waals surface area contributed by atoms with Gasteiger partial charge in [-0.3, -0.25) is 0 Å². The van der Waals surface area contributed by atoms with Crippen LogP contribution in [0.25, 0.3) is 0 Å². The van der Waals surface area contributed by atoms with E-state index in [1.165, 1.54) is 30.1 Å². The van der Waals surface area contributed by atoms with Crippen LogP contribution in [-0.4, -0.2) is 23.5 Å². The fourth-order valence-electron chi connectivity index (χ4n) is 2.41. The number of rotatable bonds is 6. The first-order valence-electron chi connectivity index (χ1n) is 8.53. The zero-order valence-corrected chi connectivity index (χ0v) is 16.7. The van der Waals surface area contributed by atoms with Crippen LogP contribution in [0.5, 0.6) is 0 Å². The van der Waals surface area contributed by atoms with Crippen molar-refractivity contribution in [1.82, 2.24) is 9.97 Å². The molecule has 3 aromatic rings. The van der Waals surface area contributed by atoms with E-state index >= 15 is 0 Å². The molecule has 9 heteroatoms. The standard InChI is InChI=1S/C19H19N5O2S2/c1-2-14-5-3-6-16(13-14)23-19(27)22-15-7-9-17(10-8-15)28(25,26)24-18-20-11-4-12-21-18/h3-13H,2H2,1H3,(H,20,21,24)(H2,22,23,27). The molecular weight excluding hydrogens is 394 g/mol. The van der Waals surface area contributed by atoms with E-state index in [0.717, 1.165) is 12.1 Å². The molecule has 2 aromatic carbocycles. The maximum absolute atomic E-state index is 12.4. The first-order chi connectivity index (χ1) is 13.5. The van der Waals surface area contributed by atoms with Gasteiger partial charge in [-0.15, -0.1) is 0 Å². The summed E-state index contributed by atoms with van der Waals surface area (Å²) in [5.41, 5.74) is 2.76. The van der Waals surface area contributed by atoms with Gasteiger partial charge < -0.3 is 10.6 Å². The molecule has 28 heavy (non-hydrogen) atoms. The smallest absolute Gasteiger partial charge is 0.264 e. The molecular formula is C19H19N5O2S2. The van der Waals surface area contributed by atoms with Crippen molar-refractivity contribution in [2.45, 2.75) is 18.2 Å². The zero-order valence-electron chi connectivity index (χ0n) is 15.1. The van der Waals surface area contributed by atoms with Gasteiger partial charge in [0.1, 0.15) is 0 Å². The summed E-state index contributed by atoms with van der Waals surface area (Å²) < 4.78 is 27.1. The minimum Gasteiger partial charge on any atom is -0.332 e. The second-order valence-corrected chi connectivity index (χ2v) is 7.93. The van der Waals surface area contributed by atoms with E-state index in [1.807, 2.05) is 18.2 Å². The molecule has 144 valence electrons. The molecule has 0 spiro atoms. The molecule has 0 unspecified atom stereocenters. The lowest BCUT2D eigenvalue weighted by molar-refractivity contribution is 0.601. The van der Waals surface area contributed by atoms with Crippen LogP contribution in [0.4, 0.5) is 17.3 Å². The lowest BCUT2D eigenvalue weighted by Gasteiger charge is -2.12. The van der Waals surface area contributed by atoms with Crippen LogP contribution in [0.2, 0.25) is 0 Å². The van der Waals surface area contributed by atoms with Gasteiger partial charge in [0, 0.05) is 23.8 Å². The first-order valence-corrected chi connectivity index (χ1v) is 10.4. The van der Waals surface area contributed by atoms with E-state index in [-0.39, 0.29) is 10.8 Å². The Hall–Kier alpha value is -3.04. The number of aryl methyl sites for hydroxylation is 1. The summed E-state index contributed by atoms with van der Waals surface area (Å²) >= 11 is 5.32.